The molecule has 1 fully saturated rings. The number of nitrogens with two attached hydrogens (primary N) is 1. The normalized spacial score (nSPS) is 36.2. The van der Waals surface area contributed by atoms with Crippen molar-refractivity contribution in [1.82, 2.24) is 0 Å². The molecule has 1 saturated carbocycles. The van der Waals surface area contributed by atoms with Crippen LogP contribution < -0.4 is 10.5 Å². The molecule has 0 unspecified atom stereocenters. The van der Waals surface area contributed by atoms with Crippen LogP contribution >= 0.6 is 0 Å². The fraction of sp³-hybridized carbons (Fsp3) is 0.400. The van der Waals surface area contributed by atoms with Crippen LogP contribution in [0, 0.1) is 5.92 Å². The van der Waals surface area contributed by atoms with Crippen molar-refractivity contribution in [3.05, 3.63) is 29.8 Å². The summed E-state index contributed by atoms with van der Waals surface area (Å²) in [5, 5.41) is 0. The molecule has 0 amide bonds. The molecule has 0 radical (unpaired) electrons. The largest absolute Gasteiger partial charge is 0.493 e. The van der Waals surface area contributed by atoms with E-state index in [1.807, 2.05) is 12.1 Å². The highest BCUT2D eigenvalue weighted by Crippen LogP contribution is 2.52. The lowest BCUT2D eigenvalue weighted by Crippen LogP contribution is -2.09. The second-order valence-corrected chi connectivity index (χ2v) is 3.62. The van der Waals surface area contributed by atoms with E-state index in [1.54, 1.807) is 0 Å². The highest BCUT2D eigenvalue weighted by molar-refractivity contribution is 5.44. The molecule has 1 aliphatic carbocycles. The third kappa shape index (κ3) is 0.681. The summed E-state index contributed by atoms with van der Waals surface area (Å²) in [4.78, 5) is 0. The van der Waals surface area contributed by atoms with Crippen LogP contribution in [0.2, 0.25) is 0 Å². The van der Waals surface area contributed by atoms with Gasteiger partial charge in [0.1, 0.15) is 5.75 Å². The van der Waals surface area contributed by atoms with Gasteiger partial charge in [0, 0.05) is 17.9 Å². The summed E-state index contributed by atoms with van der Waals surface area (Å²) in [6, 6.07) is 8.55. The standard InChI is InChI=1S/C10H11NO/c11-10-7-5-12-8-4-2-1-3-6(8)9(7)10/h1-4,7,9-10H,5,11H2/t7-,9-,10+/m1/s1. The van der Waals surface area contributed by atoms with E-state index in [0.29, 0.717) is 17.9 Å². The zero-order valence-corrected chi connectivity index (χ0v) is 6.73. The molecule has 1 heterocycles. The van der Waals surface area contributed by atoms with Gasteiger partial charge in [0.05, 0.1) is 6.61 Å². The molecule has 2 heteroatoms. The fourth-order valence-corrected chi connectivity index (χ4v) is 2.13. The Morgan fingerprint density at radius 2 is 2.17 bits per heavy atom. The zero-order chi connectivity index (χ0) is 8.13. The van der Waals surface area contributed by atoms with Crippen molar-refractivity contribution < 1.29 is 4.74 Å². The Bertz CT molecular complexity index is 323. The predicted octanol–water partition coefficient (Wildman–Crippen LogP) is 1.12. The molecule has 2 aliphatic rings. The summed E-state index contributed by atoms with van der Waals surface area (Å²) in [6.45, 7) is 0.808. The monoisotopic (exact) mass is 161 g/mol. The fourth-order valence-electron chi connectivity index (χ4n) is 2.13. The lowest BCUT2D eigenvalue weighted by atomic mass is 10.1. The minimum absolute atomic E-state index is 0.341. The Balaban J connectivity index is 2.10. The van der Waals surface area contributed by atoms with E-state index in [2.05, 4.69) is 12.1 Å². The minimum atomic E-state index is 0.341. The molecular formula is C10H11NO. The zero-order valence-electron chi connectivity index (χ0n) is 6.73. The van der Waals surface area contributed by atoms with Gasteiger partial charge in [-0.2, -0.15) is 0 Å². The summed E-state index contributed by atoms with van der Waals surface area (Å²) in [7, 11) is 0. The van der Waals surface area contributed by atoms with Crippen molar-refractivity contribution in [3.8, 4) is 5.75 Å². The van der Waals surface area contributed by atoms with E-state index < -0.39 is 0 Å². The lowest BCUT2D eigenvalue weighted by molar-refractivity contribution is 0.277. The summed E-state index contributed by atoms with van der Waals surface area (Å²) >= 11 is 0. The molecule has 0 spiro atoms. The second-order valence-electron chi connectivity index (χ2n) is 3.62. The van der Waals surface area contributed by atoms with Crippen molar-refractivity contribution in [1.29, 1.82) is 0 Å². The molecule has 0 aromatic heterocycles. The van der Waals surface area contributed by atoms with E-state index in [4.69, 9.17) is 10.5 Å². The molecular weight excluding hydrogens is 150 g/mol. The van der Waals surface area contributed by atoms with Gasteiger partial charge in [0.15, 0.2) is 0 Å². The Hall–Kier alpha value is -1.02. The first-order valence-corrected chi connectivity index (χ1v) is 4.35. The average Bonchev–Trinajstić information content (AvgIpc) is 2.78. The Labute approximate surface area is 71.3 Å². The maximum atomic E-state index is 5.91. The number of fused-ring (bicyclic) bond motifs is 3. The maximum absolute atomic E-state index is 5.91. The summed E-state index contributed by atoms with van der Waals surface area (Å²) < 4.78 is 5.57. The average molecular weight is 161 g/mol. The maximum Gasteiger partial charge on any atom is 0.122 e. The van der Waals surface area contributed by atoms with E-state index >= 15 is 0 Å². The number of para-hydroxylation sites is 1. The molecule has 3 atom stereocenters. The SMILES string of the molecule is N[C@H]1[C@@H]2COc3ccccc3[C@@H]12. The van der Waals surface area contributed by atoms with E-state index in [9.17, 15) is 0 Å². The summed E-state index contributed by atoms with van der Waals surface area (Å²) in [6.07, 6.45) is 0. The highest BCUT2D eigenvalue weighted by Gasteiger charge is 2.52. The third-order valence-corrected chi connectivity index (χ3v) is 2.94. The first-order valence-electron chi connectivity index (χ1n) is 4.35. The van der Waals surface area contributed by atoms with Crippen LogP contribution in [0.5, 0.6) is 5.75 Å². The van der Waals surface area contributed by atoms with Crippen molar-refractivity contribution >= 4 is 0 Å². The highest BCUT2D eigenvalue weighted by atomic mass is 16.5. The number of rotatable bonds is 0. The van der Waals surface area contributed by atoms with Crippen LogP contribution in [0.3, 0.4) is 0 Å². The van der Waals surface area contributed by atoms with Crippen LogP contribution in [0.25, 0.3) is 0 Å². The number of hydrogen-bond donors (Lipinski definition) is 1. The molecule has 1 aromatic carbocycles. The molecule has 62 valence electrons. The van der Waals surface area contributed by atoms with Crippen LogP contribution in [0.15, 0.2) is 24.3 Å². The molecule has 1 aliphatic heterocycles. The van der Waals surface area contributed by atoms with Crippen LogP contribution in [0.1, 0.15) is 11.5 Å². The van der Waals surface area contributed by atoms with E-state index in [-0.39, 0.29) is 0 Å². The van der Waals surface area contributed by atoms with Gasteiger partial charge in [-0.25, -0.2) is 0 Å². The Morgan fingerprint density at radius 3 is 3.08 bits per heavy atom. The van der Waals surface area contributed by atoms with Crippen molar-refractivity contribution in [2.45, 2.75) is 12.0 Å². The lowest BCUT2D eigenvalue weighted by Gasteiger charge is -2.14. The molecule has 0 bridgehead atoms. The first-order chi connectivity index (χ1) is 5.88. The number of hydrogen-bond acceptors (Lipinski definition) is 2. The first kappa shape index (κ1) is 6.49. The quantitative estimate of drug-likeness (QED) is 0.618. The van der Waals surface area contributed by atoms with Crippen LogP contribution in [-0.4, -0.2) is 12.6 Å². The smallest absolute Gasteiger partial charge is 0.122 e. The minimum Gasteiger partial charge on any atom is -0.493 e. The topological polar surface area (TPSA) is 35.2 Å². The predicted molar refractivity (Wildman–Crippen MR) is 46.1 cm³/mol. The Morgan fingerprint density at radius 1 is 1.33 bits per heavy atom. The molecule has 2 nitrogen and oxygen atoms in total. The van der Waals surface area contributed by atoms with Gasteiger partial charge >= 0.3 is 0 Å². The van der Waals surface area contributed by atoms with Crippen molar-refractivity contribution in [2.75, 3.05) is 6.61 Å². The summed E-state index contributed by atoms with van der Waals surface area (Å²) in [5.41, 5.74) is 7.21. The number of ether oxygens (including phenoxy) is 1. The van der Waals surface area contributed by atoms with Gasteiger partial charge < -0.3 is 10.5 Å². The van der Waals surface area contributed by atoms with E-state index in [0.717, 1.165) is 12.4 Å². The number of benzene rings is 1. The molecule has 12 heavy (non-hydrogen) atoms. The van der Waals surface area contributed by atoms with Crippen LogP contribution in [-0.2, 0) is 0 Å². The molecule has 0 saturated heterocycles. The van der Waals surface area contributed by atoms with Crippen LogP contribution in [0.4, 0.5) is 0 Å². The van der Waals surface area contributed by atoms with E-state index in [1.165, 1.54) is 5.56 Å². The van der Waals surface area contributed by atoms with Gasteiger partial charge in [-0.3, -0.25) is 0 Å². The third-order valence-electron chi connectivity index (χ3n) is 2.94. The summed E-state index contributed by atoms with van der Waals surface area (Å²) in [5.74, 6) is 2.20. The van der Waals surface area contributed by atoms with Gasteiger partial charge in [-0.1, -0.05) is 18.2 Å². The van der Waals surface area contributed by atoms with Gasteiger partial charge in [-0.15, -0.1) is 0 Å². The van der Waals surface area contributed by atoms with Crippen molar-refractivity contribution in [2.24, 2.45) is 11.7 Å². The van der Waals surface area contributed by atoms with Gasteiger partial charge in [-0.05, 0) is 11.6 Å². The second kappa shape index (κ2) is 2.02. The molecule has 2 N–H and O–H groups in total. The molecule has 3 rings (SSSR count). The van der Waals surface area contributed by atoms with Gasteiger partial charge in [0.25, 0.3) is 0 Å². The van der Waals surface area contributed by atoms with Gasteiger partial charge in [0.2, 0.25) is 0 Å². The molecule has 1 aromatic rings. The van der Waals surface area contributed by atoms with Crippen molar-refractivity contribution in [3.63, 3.8) is 0 Å². The Kier molecular flexibility index (Phi) is 1.09.